The molecule has 20 heavy (non-hydrogen) atoms. The van der Waals surface area contributed by atoms with Crippen molar-refractivity contribution in [3.63, 3.8) is 0 Å². The topological polar surface area (TPSA) is 54.5 Å². The molecule has 1 aromatic rings. The molecule has 1 heterocycles. The molecule has 0 spiro atoms. The predicted octanol–water partition coefficient (Wildman–Crippen LogP) is 2.75. The van der Waals surface area contributed by atoms with E-state index in [1.807, 2.05) is 0 Å². The minimum Gasteiger partial charge on any atom is -0.306 e. The van der Waals surface area contributed by atoms with Crippen LogP contribution < -0.4 is 4.90 Å². The number of hydrogen-bond acceptors (Lipinski definition) is 3. The molecule has 0 N–H and O–H groups in total. The number of sulfone groups is 1. The maximum atomic E-state index is 12.1. The van der Waals surface area contributed by atoms with Crippen LogP contribution in [0.4, 0.5) is 5.69 Å². The zero-order valence-corrected chi connectivity index (χ0v) is 13.4. The van der Waals surface area contributed by atoms with Crippen LogP contribution in [0.25, 0.3) is 0 Å². The van der Waals surface area contributed by atoms with E-state index >= 15 is 0 Å². The van der Waals surface area contributed by atoms with Crippen molar-refractivity contribution in [1.82, 2.24) is 0 Å². The molecule has 0 aliphatic carbocycles. The van der Waals surface area contributed by atoms with Gasteiger partial charge >= 0.3 is 0 Å². The normalized spacial score (nSPS) is 20.9. The molecule has 1 saturated heterocycles. The van der Waals surface area contributed by atoms with Gasteiger partial charge in [-0.25, -0.2) is 8.42 Å². The summed E-state index contributed by atoms with van der Waals surface area (Å²) < 4.78 is 23.2. The molecule has 1 aromatic carbocycles. The summed E-state index contributed by atoms with van der Waals surface area (Å²) in [5, 5.41) is 0.523. The maximum absolute atomic E-state index is 12.1. The van der Waals surface area contributed by atoms with Crippen LogP contribution in [0.5, 0.6) is 0 Å². The summed E-state index contributed by atoms with van der Waals surface area (Å²) in [7, 11) is -3.13. The Morgan fingerprint density at radius 1 is 1.35 bits per heavy atom. The highest BCUT2D eigenvalue weighted by atomic mass is 35.5. The van der Waals surface area contributed by atoms with Crippen LogP contribution in [-0.4, -0.2) is 37.8 Å². The first-order valence-corrected chi connectivity index (χ1v) is 8.99. The lowest BCUT2D eigenvalue weighted by molar-refractivity contribution is -0.116. The van der Waals surface area contributed by atoms with Crippen molar-refractivity contribution in [2.24, 2.45) is 0 Å². The number of alkyl halides is 1. The number of rotatable bonds is 3. The van der Waals surface area contributed by atoms with Gasteiger partial charge in [-0.05, 0) is 18.6 Å². The molecular formula is C12H12Cl3NO3S. The molecule has 0 saturated carbocycles. The van der Waals surface area contributed by atoms with Crippen molar-refractivity contribution in [2.75, 3.05) is 22.3 Å². The first-order valence-electron chi connectivity index (χ1n) is 5.88. The van der Waals surface area contributed by atoms with Gasteiger partial charge in [0, 0.05) is 0 Å². The van der Waals surface area contributed by atoms with Crippen molar-refractivity contribution in [1.29, 1.82) is 0 Å². The highest BCUT2D eigenvalue weighted by molar-refractivity contribution is 7.91. The van der Waals surface area contributed by atoms with Crippen LogP contribution in [0.15, 0.2) is 18.2 Å². The predicted molar refractivity (Wildman–Crippen MR) is 81.7 cm³/mol. The molecule has 110 valence electrons. The Bertz CT molecular complexity index is 633. The molecule has 0 radical (unpaired) electrons. The highest BCUT2D eigenvalue weighted by Crippen LogP contribution is 2.35. The Labute approximate surface area is 132 Å². The fourth-order valence-corrected chi connectivity index (χ4v) is 4.47. The number of halogens is 3. The van der Waals surface area contributed by atoms with Gasteiger partial charge in [-0.3, -0.25) is 4.79 Å². The SMILES string of the molecule is O=C(CCl)N(c1cccc(Cl)c1Cl)C1CCS(=O)(=O)C1. The molecule has 0 aromatic heterocycles. The molecule has 0 bridgehead atoms. The lowest BCUT2D eigenvalue weighted by Crippen LogP contribution is -2.42. The van der Waals surface area contributed by atoms with E-state index in [4.69, 9.17) is 34.8 Å². The Morgan fingerprint density at radius 3 is 2.60 bits per heavy atom. The fourth-order valence-electron chi connectivity index (χ4n) is 2.26. The van der Waals surface area contributed by atoms with Gasteiger partial charge in [-0.15, -0.1) is 11.6 Å². The maximum Gasteiger partial charge on any atom is 0.242 e. The van der Waals surface area contributed by atoms with Crippen LogP contribution in [0.1, 0.15) is 6.42 Å². The van der Waals surface area contributed by atoms with Gasteiger partial charge in [0.1, 0.15) is 5.88 Å². The second kappa shape index (κ2) is 6.10. The fraction of sp³-hybridized carbons (Fsp3) is 0.417. The van der Waals surface area contributed by atoms with E-state index in [1.54, 1.807) is 18.2 Å². The zero-order chi connectivity index (χ0) is 14.9. The summed E-state index contributed by atoms with van der Waals surface area (Å²) in [5.74, 6) is -0.669. The highest BCUT2D eigenvalue weighted by Gasteiger charge is 2.36. The van der Waals surface area contributed by atoms with E-state index in [0.29, 0.717) is 17.1 Å². The van der Waals surface area contributed by atoms with Gasteiger partial charge in [0.2, 0.25) is 5.91 Å². The standard InChI is InChI=1S/C12H12Cl3NO3S/c13-6-11(17)16(8-4-5-20(18,19)7-8)10-3-1-2-9(14)12(10)15/h1-3,8H,4-7H2. The van der Waals surface area contributed by atoms with Crippen molar-refractivity contribution >= 4 is 56.2 Å². The number of benzene rings is 1. The number of anilines is 1. The Kier molecular flexibility index (Phi) is 4.84. The van der Waals surface area contributed by atoms with Crippen LogP contribution in [0.3, 0.4) is 0 Å². The lowest BCUT2D eigenvalue weighted by atomic mass is 10.2. The second-order valence-corrected chi connectivity index (χ2v) is 7.81. The zero-order valence-electron chi connectivity index (χ0n) is 10.4. The molecule has 1 atom stereocenters. The molecule has 1 aliphatic heterocycles. The third kappa shape index (κ3) is 3.22. The van der Waals surface area contributed by atoms with Gasteiger partial charge < -0.3 is 4.90 Å². The molecule has 4 nitrogen and oxygen atoms in total. The monoisotopic (exact) mass is 355 g/mol. The van der Waals surface area contributed by atoms with Gasteiger partial charge in [-0.1, -0.05) is 29.3 Å². The molecule has 1 fully saturated rings. The van der Waals surface area contributed by atoms with E-state index in [-0.39, 0.29) is 22.4 Å². The number of carbonyl (C=O) groups is 1. The Balaban J connectivity index is 2.44. The smallest absolute Gasteiger partial charge is 0.242 e. The summed E-state index contributed by atoms with van der Waals surface area (Å²) >= 11 is 17.7. The van der Waals surface area contributed by atoms with Gasteiger partial charge in [0.05, 0.1) is 33.3 Å². The average Bonchev–Trinajstić information content (AvgIpc) is 2.74. The minimum absolute atomic E-state index is 0.0575. The van der Waals surface area contributed by atoms with Crippen LogP contribution in [0.2, 0.25) is 10.0 Å². The summed E-state index contributed by atoms with van der Waals surface area (Å²) in [5.41, 5.74) is 0.395. The Morgan fingerprint density at radius 2 is 2.05 bits per heavy atom. The minimum atomic E-state index is -3.13. The summed E-state index contributed by atoms with van der Waals surface area (Å²) in [6.07, 6.45) is 0.369. The van der Waals surface area contributed by atoms with Gasteiger partial charge in [-0.2, -0.15) is 0 Å². The number of amides is 1. The summed E-state index contributed by atoms with van der Waals surface area (Å²) in [6, 6.07) is 4.43. The molecule has 8 heteroatoms. The first kappa shape index (κ1) is 15.9. The molecule has 1 unspecified atom stereocenters. The number of nitrogens with zero attached hydrogens (tertiary/aromatic N) is 1. The lowest BCUT2D eigenvalue weighted by Gasteiger charge is -2.28. The van der Waals surface area contributed by atoms with Crippen molar-refractivity contribution < 1.29 is 13.2 Å². The number of carbonyl (C=O) groups excluding carboxylic acids is 1. The summed E-state index contributed by atoms with van der Waals surface area (Å²) in [6.45, 7) is 0. The van der Waals surface area contributed by atoms with Crippen molar-refractivity contribution in [3.05, 3.63) is 28.2 Å². The van der Waals surface area contributed by atoms with E-state index < -0.39 is 21.8 Å². The van der Waals surface area contributed by atoms with Crippen LogP contribution >= 0.6 is 34.8 Å². The second-order valence-electron chi connectivity index (χ2n) is 4.53. The van der Waals surface area contributed by atoms with E-state index in [2.05, 4.69) is 0 Å². The first-order chi connectivity index (χ1) is 9.35. The third-order valence-electron chi connectivity index (χ3n) is 3.15. The Hall–Kier alpha value is -0.490. The quantitative estimate of drug-likeness (QED) is 0.783. The van der Waals surface area contributed by atoms with Crippen molar-refractivity contribution in [3.8, 4) is 0 Å². The third-order valence-corrected chi connectivity index (χ3v) is 5.94. The average molecular weight is 357 g/mol. The van der Waals surface area contributed by atoms with Crippen molar-refractivity contribution in [2.45, 2.75) is 12.5 Å². The largest absolute Gasteiger partial charge is 0.306 e. The van der Waals surface area contributed by atoms with E-state index in [9.17, 15) is 13.2 Å². The summed E-state index contributed by atoms with van der Waals surface area (Å²) in [4.78, 5) is 13.4. The van der Waals surface area contributed by atoms with E-state index in [0.717, 1.165) is 0 Å². The molecule has 1 aliphatic rings. The van der Waals surface area contributed by atoms with Gasteiger partial charge in [0.25, 0.3) is 0 Å². The van der Waals surface area contributed by atoms with Crippen LogP contribution in [0, 0.1) is 0 Å². The number of hydrogen-bond donors (Lipinski definition) is 0. The van der Waals surface area contributed by atoms with E-state index in [1.165, 1.54) is 4.90 Å². The van der Waals surface area contributed by atoms with Gasteiger partial charge in [0.15, 0.2) is 9.84 Å². The molecular weight excluding hydrogens is 345 g/mol. The molecule has 1 amide bonds. The molecule has 2 rings (SSSR count). The van der Waals surface area contributed by atoms with Crippen LogP contribution in [-0.2, 0) is 14.6 Å².